The molecule has 0 saturated heterocycles. The van der Waals surface area contributed by atoms with Gasteiger partial charge in [-0.2, -0.15) is 0 Å². The van der Waals surface area contributed by atoms with Gasteiger partial charge < -0.3 is 0 Å². The predicted molar refractivity (Wildman–Crippen MR) is 220 cm³/mol. The van der Waals surface area contributed by atoms with Crippen LogP contribution in [0.3, 0.4) is 0 Å². The second-order valence-corrected chi connectivity index (χ2v) is 10.9. The molecule has 0 unspecified atom stereocenters. The summed E-state index contributed by atoms with van der Waals surface area (Å²) >= 11 is 0. The van der Waals surface area contributed by atoms with Crippen molar-refractivity contribution in [3.05, 3.63) is 145 Å². The molecule has 0 aliphatic carbocycles. The summed E-state index contributed by atoms with van der Waals surface area (Å²) in [6.07, 6.45) is 0. The van der Waals surface area contributed by atoms with Crippen LogP contribution in [0, 0.1) is 13.8 Å². The lowest BCUT2D eigenvalue weighted by atomic mass is 9.83. The topological polar surface area (TPSA) is 0 Å². The number of hydrogen-bond acceptors (Lipinski definition) is 0. The van der Waals surface area contributed by atoms with Crippen LogP contribution >= 0.6 is 0 Å². The maximum atomic E-state index is 2.37. The van der Waals surface area contributed by atoms with Crippen LogP contribution in [0.2, 0.25) is 0 Å². The molecule has 0 heterocycles. The summed E-state index contributed by atoms with van der Waals surface area (Å²) in [4.78, 5) is 0. The highest BCUT2D eigenvalue weighted by Gasteiger charge is 2.19. The zero-order valence-electron chi connectivity index (χ0n) is 30.7. The Bertz CT molecular complexity index is 2010. The summed E-state index contributed by atoms with van der Waals surface area (Å²) in [7, 11) is 0. The van der Waals surface area contributed by atoms with Gasteiger partial charge in [0.15, 0.2) is 0 Å². The summed E-state index contributed by atoms with van der Waals surface area (Å²) in [5.41, 5.74) is 7.89. The monoisotopic (exact) mass is 628 g/mol. The first-order valence-electron chi connectivity index (χ1n) is 18.0. The zero-order valence-corrected chi connectivity index (χ0v) is 30.7. The van der Waals surface area contributed by atoms with Crippen LogP contribution in [-0.4, -0.2) is 0 Å². The largest absolute Gasteiger partial charge is 0.0683 e. The molecule has 48 heavy (non-hydrogen) atoms. The highest BCUT2D eigenvalue weighted by atomic mass is 14.2. The number of hydrogen-bond donors (Lipinski definition) is 0. The van der Waals surface area contributed by atoms with Crippen molar-refractivity contribution < 1.29 is 0 Å². The first kappa shape index (κ1) is 35.9. The van der Waals surface area contributed by atoms with Crippen molar-refractivity contribution >= 4 is 53.9 Å². The fourth-order valence-electron chi connectivity index (χ4n) is 7.01. The molecule has 0 nitrogen and oxygen atoms in total. The molecule has 0 radical (unpaired) electrons. The first-order chi connectivity index (χ1) is 23.7. The molecule has 0 saturated carbocycles. The van der Waals surface area contributed by atoms with Crippen molar-refractivity contribution in [2.45, 2.75) is 69.2 Å². The van der Waals surface area contributed by atoms with Gasteiger partial charge in [-0.05, 0) is 101 Å². The molecular formula is C48H52. The average molecular weight is 629 g/mol. The second kappa shape index (κ2) is 16.8. The van der Waals surface area contributed by atoms with Crippen molar-refractivity contribution in [2.75, 3.05) is 0 Å². The number of benzene rings is 8. The van der Waals surface area contributed by atoms with Crippen LogP contribution in [0.15, 0.2) is 133 Å². The Labute approximate surface area is 289 Å². The minimum atomic E-state index is 1.28. The lowest BCUT2D eigenvalue weighted by molar-refractivity contribution is 1.50. The van der Waals surface area contributed by atoms with Crippen molar-refractivity contribution in [2.24, 2.45) is 0 Å². The van der Waals surface area contributed by atoms with Gasteiger partial charge in [-0.25, -0.2) is 0 Å². The van der Waals surface area contributed by atoms with Crippen LogP contribution in [0.25, 0.3) is 76.1 Å². The molecule has 8 aromatic carbocycles. The molecule has 0 aliphatic rings. The van der Waals surface area contributed by atoms with Gasteiger partial charge in [-0.15, -0.1) is 0 Å². The minimum Gasteiger partial charge on any atom is -0.0683 e. The Balaban J connectivity index is 0.000000608. The third kappa shape index (κ3) is 6.20. The van der Waals surface area contributed by atoms with E-state index in [0.717, 1.165) is 0 Å². The smallest absolute Gasteiger partial charge is 0.00204 e. The van der Waals surface area contributed by atoms with E-state index in [4.69, 9.17) is 0 Å². The van der Waals surface area contributed by atoms with E-state index in [-0.39, 0.29) is 0 Å². The third-order valence-corrected chi connectivity index (χ3v) is 8.86. The maximum absolute atomic E-state index is 2.37. The van der Waals surface area contributed by atoms with E-state index in [9.17, 15) is 0 Å². The van der Waals surface area contributed by atoms with Crippen LogP contribution in [0.4, 0.5) is 0 Å². The normalized spacial score (nSPS) is 10.3. The molecule has 0 aliphatic heterocycles. The Kier molecular flexibility index (Phi) is 12.5. The van der Waals surface area contributed by atoms with E-state index < -0.39 is 0 Å². The van der Waals surface area contributed by atoms with Gasteiger partial charge in [0.25, 0.3) is 0 Å². The van der Waals surface area contributed by atoms with Gasteiger partial charge in [-0.1, -0.05) is 189 Å². The molecule has 244 valence electrons. The molecule has 8 aromatic rings. The highest BCUT2D eigenvalue weighted by Crippen LogP contribution is 2.46. The first-order valence-corrected chi connectivity index (χ1v) is 18.0. The quantitative estimate of drug-likeness (QED) is 0.167. The van der Waals surface area contributed by atoms with Crippen molar-refractivity contribution in [3.8, 4) is 22.3 Å². The molecule has 0 bridgehead atoms. The van der Waals surface area contributed by atoms with Gasteiger partial charge in [0, 0.05) is 0 Å². The average Bonchev–Trinajstić information content (AvgIpc) is 3.19. The zero-order chi connectivity index (χ0) is 34.8. The SMILES string of the molecule is CC.CC.CC.CC.Cc1c2ccccc2c(-c2ccc(-c3c4ccccc4c(C)c4ccccc34)c3ccccc23)c2ccccc12. The number of rotatable bonds is 2. The second-order valence-electron chi connectivity index (χ2n) is 10.9. The standard InChI is InChI=1S/C40H28.4C2H6/c1-25-27-13-3-9-19-33(27)39(34-20-10-4-14-28(25)34)37-23-24-38(32-18-8-7-17-31(32)37)40-35-21-11-5-15-29(35)26(2)30-16-6-12-22-36(30)40;4*1-2/h3-24H,1-2H3;4*1-2H3. The van der Waals surface area contributed by atoms with E-state index in [1.165, 1.54) is 87.2 Å². The van der Waals surface area contributed by atoms with Gasteiger partial charge in [0.05, 0.1) is 0 Å². The van der Waals surface area contributed by atoms with Gasteiger partial charge in [0.1, 0.15) is 0 Å². The summed E-state index contributed by atoms with van der Waals surface area (Å²) in [5, 5.41) is 13.1. The van der Waals surface area contributed by atoms with Crippen LogP contribution in [0.5, 0.6) is 0 Å². The van der Waals surface area contributed by atoms with E-state index in [1.807, 2.05) is 55.4 Å². The molecule has 0 aromatic heterocycles. The van der Waals surface area contributed by atoms with E-state index in [0.29, 0.717) is 0 Å². The van der Waals surface area contributed by atoms with E-state index >= 15 is 0 Å². The Morgan fingerprint density at radius 3 is 0.646 bits per heavy atom. The number of fused-ring (bicyclic) bond motifs is 5. The van der Waals surface area contributed by atoms with Crippen LogP contribution < -0.4 is 0 Å². The van der Waals surface area contributed by atoms with Crippen LogP contribution in [0.1, 0.15) is 66.5 Å². The lowest BCUT2D eigenvalue weighted by Crippen LogP contribution is -1.93. The van der Waals surface area contributed by atoms with Gasteiger partial charge >= 0.3 is 0 Å². The molecule has 0 N–H and O–H groups in total. The predicted octanol–water partition coefficient (Wildman–Crippen LogP) is 15.5. The lowest BCUT2D eigenvalue weighted by Gasteiger charge is -2.20. The van der Waals surface area contributed by atoms with Crippen LogP contribution in [-0.2, 0) is 0 Å². The molecule has 0 spiro atoms. The van der Waals surface area contributed by atoms with E-state index in [1.54, 1.807) is 0 Å². The fourth-order valence-corrected chi connectivity index (χ4v) is 7.01. The summed E-state index contributed by atoms with van der Waals surface area (Å²) < 4.78 is 0. The van der Waals surface area contributed by atoms with Crippen molar-refractivity contribution in [1.29, 1.82) is 0 Å². The summed E-state index contributed by atoms with van der Waals surface area (Å²) in [6, 6.07) is 49.2. The van der Waals surface area contributed by atoms with E-state index in [2.05, 4.69) is 147 Å². The molecule has 0 fully saturated rings. The highest BCUT2D eigenvalue weighted by molar-refractivity contribution is 6.22. The Hall–Kier alpha value is -4.94. The van der Waals surface area contributed by atoms with Gasteiger partial charge in [-0.3, -0.25) is 0 Å². The van der Waals surface area contributed by atoms with Gasteiger partial charge in [0.2, 0.25) is 0 Å². The molecule has 0 amide bonds. The molecule has 8 rings (SSSR count). The fraction of sp³-hybridized carbons (Fsp3) is 0.208. The minimum absolute atomic E-state index is 1.28. The third-order valence-electron chi connectivity index (χ3n) is 8.86. The molecule has 0 heteroatoms. The Morgan fingerprint density at radius 1 is 0.229 bits per heavy atom. The molecule has 0 atom stereocenters. The summed E-state index contributed by atoms with van der Waals surface area (Å²) in [5.74, 6) is 0. The van der Waals surface area contributed by atoms with Crippen molar-refractivity contribution in [1.82, 2.24) is 0 Å². The summed E-state index contributed by atoms with van der Waals surface area (Å²) in [6.45, 7) is 20.5. The maximum Gasteiger partial charge on any atom is -0.00204 e. The van der Waals surface area contributed by atoms with Crippen molar-refractivity contribution in [3.63, 3.8) is 0 Å². The number of aryl methyl sites for hydroxylation is 2. The molecular weight excluding hydrogens is 577 g/mol. The Morgan fingerprint density at radius 2 is 0.417 bits per heavy atom.